The van der Waals surface area contributed by atoms with Crippen LogP contribution in [-0.4, -0.2) is 21.7 Å². The Kier molecular flexibility index (Phi) is 5.01. The van der Waals surface area contributed by atoms with Crippen LogP contribution in [0.1, 0.15) is 39.5 Å². The van der Waals surface area contributed by atoms with Crippen LogP contribution in [0, 0.1) is 6.92 Å². The summed E-state index contributed by atoms with van der Waals surface area (Å²) in [5.74, 6) is 0.0128. The van der Waals surface area contributed by atoms with Crippen molar-refractivity contribution in [3.05, 3.63) is 99.5 Å². The minimum Gasteiger partial charge on any atom is -0.507 e. The third-order valence-corrected chi connectivity index (χ3v) is 5.42. The molecule has 5 heteroatoms. The number of para-hydroxylation sites is 1. The van der Waals surface area contributed by atoms with E-state index in [0.717, 1.165) is 15.6 Å². The first kappa shape index (κ1) is 18.4. The van der Waals surface area contributed by atoms with E-state index in [1.165, 1.54) is 5.01 Å². The fraction of sp³-hybridized carbons (Fsp3) is 0.130. The van der Waals surface area contributed by atoms with Gasteiger partial charge >= 0.3 is 0 Å². The van der Waals surface area contributed by atoms with Crippen molar-refractivity contribution in [2.75, 3.05) is 0 Å². The Bertz CT molecular complexity index is 1040. The Balaban J connectivity index is 1.75. The lowest BCUT2D eigenvalue weighted by atomic mass is 9.97. The van der Waals surface area contributed by atoms with Crippen molar-refractivity contribution in [3.63, 3.8) is 0 Å². The van der Waals surface area contributed by atoms with E-state index in [1.807, 2.05) is 67.6 Å². The average molecular weight is 435 g/mol. The molecule has 1 heterocycles. The van der Waals surface area contributed by atoms with Crippen LogP contribution in [0.15, 0.2) is 82.4 Å². The predicted octanol–water partition coefficient (Wildman–Crippen LogP) is 5.45. The molecule has 140 valence electrons. The third kappa shape index (κ3) is 3.58. The SMILES string of the molecule is Cc1ccc(C(=O)N2N=C(c3ccccc3O)C[C@@H]2c2ccc(Br)cc2)cc1. The van der Waals surface area contributed by atoms with Crippen LogP contribution in [0.3, 0.4) is 0 Å². The molecule has 0 spiro atoms. The second kappa shape index (κ2) is 7.60. The van der Waals surface area contributed by atoms with Crippen molar-refractivity contribution >= 4 is 27.5 Å². The second-order valence-corrected chi connectivity index (χ2v) is 7.77. The highest BCUT2D eigenvalue weighted by Gasteiger charge is 2.34. The van der Waals surface area contributed by atoms with Crippen molar-refractivity contribution < 1.29 is 9.90 Å². The number of phenolic OH excluding ortho intramolecular Hbond substituents is 1. The van der Waals surface area contributed by atoms with Crippen molar-refractivity contribution in [2.45, 2.75) is 19.4 Å². The topological polar surface area (TPSA) is 52.9 Å². The monoisotopic (exact) mass is 434 g/mol. The van der Waals surface area contributed by atoms with Crippen LogP contribution in [0.4, 0.5) is 0 Å². The van der Waals surface area contributed by atoms with Gasteiger partial charge < -0.3 is 5.11 Å². The van der Waals surface area contributed by atoms with Gasteiger partial charge in [0.1, 0.15) is 5.75 Å². The van der Waals surface area contributed by atoms with E-state index in [9.17, 15) is 9.90 Å². The molecule has 0 saturated heterocycles. The highest BCUT2D eigenvalue weighted by molar-refractivity contribution is 9.10. The number of aryl methyl sites for hydroxylation is 1. The van der Waals surface area contributed by atoms with Gasteiger partial charge in [-0.05, 0) is 48.9 Å². The van der Waals surface area contributed by atoms with E-state index in [0.29, 0.717) is 23.3 Å². The van der Waals surface area contributed by atoms with E-state index < -0.39 is 0 Å². The van der Waals surface area contributed by atoms with Gasteiger partial charge in [0.25, 0.3) is 5.91 Å². The number of halogens is 1. The van der Waals surface area contributed by atoms with Gasteiger partial charge in [-0.1, -0.05) is 57.9 Å². The van der Waals surface area contributed by atoms with Gasteiger partial charge in [0, 0.05) is 22.0 Å². The Hall–Kier alpha value is -2.92. The number of phenols is 1. The maximum Gasteiger partial charge on any atom is 0.274 e. The summed E-state index contributed by atoms with van der Waals surface area (Å²) in [5, 5.41) is 16.4. The lowest BCUT2D eigenvalue weighted by Gasteiger charge is -2.22. The number of hydrazone groups is 1. The molecule has 1 aliphatic heterocycles. The molecule has 3 aromatic carbocycles. The van der Waals surface area contributed by atoms with Crippen LogP contribution in [0.25, 0.3) is 0 Å². The molecule has 0 unspecified atom stereocenters. The van der Waals surface area contributed by atoms with E-state index in [2.05, 4.69) is 21.0 Å². The normalized spacial score (nSPS) is 16.1. The van der Waals surface area contributed by atoms with Crippen LogP contribution in [0.2, 0.25) is 0 Å². The van der Waals surface area contributed by atoms with E-state index in [-0.39, 0.29) is 17.7 Å². The summed E-state index contributed by atoms with van der Waals surface area (Å²) in [5.41, 5.74) is 4.05. The number of carbonyl (C=O) groups excluding carboxylic acids is 1. The molecule has 1 amide bonds. The predicted molar refractivity (Wildman–Crippen MR) is 113 cm³/mol. The zero-order valence-corrected chi connectivity index (χ0v) is 16.9. The van der Waals surface area contributed by atoms with Crippen LogP contribution < -0.4 is 0 Å². The molecule has 28 heavy (non-hydrogen) atoms. The Morgan fingerprint density at radius 2 is 1.71 bits per heavy atom. The highest BCUT2D eigenvalue weighted by Crippen LogP contribution is 2.36. The zero-order chi connectivity index (χ0) is 19.7. The summed E-state index contributed by atoms with van der Waals surface area (Å²) in [6, 6.07) is 22.3. The summed E-state index contributed by atoms with van der Waals surface area (Å²) in [7, 11) is 0. The van der Waals surface area contributed by atoms with Crippen molar-refractivity contribution in [3.8, 4) is 5.75 Å². The number of benzene rings is 3. The van der Waals surface area contributed by atoms with Crippen LogP contribution in [-0.2, 0) is 0 Å². The summed E-state index contributed by atoms with van der Waals surface area (Å²) in [6.07, 6.45) is 0.538. The smallest absolute Gasteiger partial charge is 0.274 e. The number of nitrogens with zero attached hydrogens (tertiary/aromatic N) is 2. The van der Waals surface area contributed by atoms with Crippen molar-refractivity contribution in [1.82, 2.24) is 5.01 Å². The van der Waals surface area contributed by atoms with Gasteiger partial charge in [0.05, 0.1) is 11.8 Å². The number of amides is 1. The Morgan fingerprint density at radius 1 is 1.04 bits per heavy atom. The Labute approximate surface area is 172 Å². The lowest BCUT2D eigenvalue weighted by Crippen LogP contribution is -2.27. The first-order chi connectivity index (χ1) is 13.5. The largest absolute Gasteiger partial charge is 0.507 e. The Morgan fingerprint density at radius 3 is 2.39 bits per heavy atom. The van der Waals surface area contributed by atoms with Gasteiger partial charge in [-0.25, -0.2) is 5.01 Å². The summed E-state index contributed by atoms with van der Waals surface area (Å²) in [4.78, 5) is 13.2. The molecule has 1 N–H and O–H groups in total. The standard InChI is InChI=1S/C23H19BrN2O2/c1-15-6-8-17(9-7-15)23(28)26-21(16-10-12-18(24)13-11-16)14-20(25-26)19-4-2-3-5-22(19)27/h2-13,21,27H,14H2,1H3/t21-/m1/s1. The maximum atomic E-state index is 13.2. The summed E-state index contributed by atoms with van der Waals surface area (Å²) in [6.45, 7) is 1.99. The average Bonchev–Trinajstić information content (AvgIpc) is 3.14. The molecule has 1 aliphatic rings. The second-order valence-electron chi connectivity index (χ2n) is 6.85. The van der Waals surface area contributed by atoms with Gasteiger partial charge in [-0.2, -0.15) is 5.10 Å². The number of rotatable bonds is 3. The van der Waals surface area contributed by atoms with Gasteiger partial charge in [0.2, 0.25) is 0 Å². The first-order valence-electron chi connectivity index (χ1n) is 9.04. The molecule has 0 aromatic heterocycles. The lowest BCUT2D eigenvalue weighted by molar-refractivity contribution is 0.0711. The minimum absolute atomic E-state index is 0.154. The molecular formula is C23H19BrN2O2. The molecule has 4 nitrogen and oxygen atoms in total. The van der Waals surface area contributed by atoms with Crippen molar-refractivity contribution in [1.29, 1.82) is 0 Å². The molecule has 1 atom stereocenters. The molecule has 3 aromatic rings. The van der Waals surface area contributed by atoms with Gasteiger partial charge in [-0.3, -0.25) is 4.79 Å². The highest BCUT2D eigenvalue weighted by atomic mass is 79.9. The van der Waals surface area contributed by atoms with Gasteiger partial charge in [0.15, 0.2) is 0 Å². The first-order valence-corrected chi connectivity index (χ1v) is 9.84. The van der Waals surface area contributed by atoms with Crippen LogP contribution >= 0.6 is 15.9 Å². The van der Waals surface area contributed by atoms with E-state index in [4.69, 9.17) is 0 Å². The number of carbonyl (C=O) groups is 1. The molecule has 4 rings (SSSR count). The fourth-order valence-corrected chi connectivity index (χ4v) is 3.62. The van der Waals surface area contributed by atoms with Gasteiger partial charge in [-0.15, -0.1) is 0 Å². The molecule has 0 saturated carbocycles. The summed E-state index contributed by atoms with van der Waals surface area (Å²) < 4.78 is 0.979. The number of hydrogen-bond acceptors (Lipinski definition) is 3. The molecule has 0 radical (unpaired) electrons. The zero-order valence-electron chi connectivity index (χ0n) is 15.3. The summed E-state index contributed by atoms with van der Waals surface area (Å²) >= 11 is 3.46. The van der Waals surface area contributed by atoms with Crippen LogP contribution in [0.5, 0.6) is 5.75 Å². The van der Waals surface area contributed by atoms with E-state index in [1.54, 1.807) is 12.1 Å². The quantitative estimate of drug-likeness (QED) is 0.595. The fourth-order valence-electron chi connectivity index (χ4n) is 3.35. The third-order valence-electron chi connectivity index (χ3n) is 4.89. The number of aromatic hydroxyl groups is 1. The molecule has 0 aliphatic carbocycles. The molecule has 0 fully saturated rings. The maximum absolute atomic E-state index is 13.2. The number of hydrogen-bond donors (Lipinski definition) is 1. The molecule has 0 bridgehead atoms. The minimum atomic E-state index is -0.225. The molecular weight excluding hydrogens is 416 g/mol. The van der Waals surface area contributed by atoms with E-state index >= 15 is 0 Å². The van der Waals surface area contributed by atoms with Crippen molar-refractivity contribution in [2.24, 2.45) is 5.10 Å².